The number of aromatic hydroxyl groups is 2. The molecular formula is C24H18O5S. The Morgan fingerprint density at radius 3 is 2.40 bits per heavy atom. The molecule has 0 saturated heterocycles. The van der Waals surface area contributed by atoms with Gasteiger partial charge in [0.2, 0.25) is 0 Å². The number of phenolic OH excluding ortho intramolecular Hbond substituents is 2. The lowest BCUT2D eigenvalue weighted by molar-refractivity contribution is -0.131. The number of hydrogen-bond acceptors (Lipinski definition) is 5. The van der Waals surface area contributed by atoms with E-state index in [1.807, 2.05) is 31.2 Å². The molecule has 0 aliphatic heterocycles. The zero-order valence-electron chi connectivity index (χ0n) is 16.0. The molecule has 30 heavy (non-hydrogen) atoms. The summed E-state index contributed by atoms with van der Waals surface area (Å²) in [7, 11) is 0. The van der Waals surface area contributed by atoms with Crippen molar-refractivity contribution < 1.29 is 24.9 Å². The molecule has 5 nitrogen and oxygen atoms in total. The molecule has 0 atom stereocenters. The highest BCUT2D eigenvalue weighted by molar-refractivity contribution is 7.22. The van der Waals surface area contributed by atoms with E-state index in [-0.39, 0.29) is 11.5 Å². The molecule has 0 saturated carbocycles. The second-order valence-corrected chi connectivity index (χ2v) is 7.84. The number of thiophene rings is 1. The lowest BCUT2D eigenvalue weighted by atomic mass is 10.1. The van der Waals surface area contributed by atoms with Crippen LogP contribution in [0.1, 0.15) is 11.1 Å². The molecule has 0 amide bonds. The van der Waals surface area contributed by atoms with Crippen LogP contribution >= 0.6 is 11.3 Å². The van der Waals surface area contributed by atoms with Crippen LogP contribution in [-0.2, 0) is 4.79 Å². The van der Waals surface area contributed by atoms with E-state index in [9.17, 15) is 15.0 Å². The number of hydrogen-bond donors (Lipinski definition) is 3. The number of carboxylic acid groups (broad SMARTS) is 1. The van der Waals surface area contributed by atoms with Gasteiger partial charge in [0.1, 0.15) is 17.2 Å². The van der Waals surface area contributed by atoms with Crippen LogP contribution in [0.15, 0.2) is 66.7 Å². The highest BCUT2D eigenvalue weighted by atomic mass is 32.1. The summed E-state index contributed by atoms with van der Waals surface area (Å²) in [5.41, 5.74) is 2.51. The number of phenols is 2. The van der Waals surface area contributed by atoms with Crippen molar-refractivity contribution in [3.8, 4) is 33.4 Å². The molecule has 0 spiro atoms. The maximum Gasteiger partial charge on any atom is 0.328 e. The van der Waals surface area contributed by atoms with Crippen LogP contribution in [0.25, 0.3) is 26.6 Å². The highest BCUT2D eigenvalue weighted by Crippen LogP contribution is 2.47. The molecule has 4 aromatic rings. The topological polar surface area (TPSA) is 87.0 Å². The van der Waals surface area contributed by atoms with Crippen LogP contribution < -0.4 is 4.74 Å². The van der Waals surface area contributed by atoms with Gasteiger partial charge in [-0.2, -0.15) is 0 Å². The molecule has 1 aromatic heterocycles. The molecule has 0 radical (unpaired) electrons. The number of ether oxygens (including phenoxy) is 1. The van der Waals surface area contributed by atoms with Gasteiger partial charge in [-0.15, -0.1) is 11.3 Å². The summed E-state index contributed by atoms with van der Waals surface area (Å²) in [6, 6.07) is 17.5. The van der Waals surface area contributed by atoms with Gasteiger partial charge in [-0.25, -0.2) is 4.79 Å². The molecule has 0 aliphatic carbocycles. The fraction of sp³-hybridized carbons (Fsp3) is 0.0417. The van der Waals surface area contributed by atoms with Crippen LogP contribution in [0.2, 0.25) is 0 Å². The zero-order chi connectivity index (χ0) is 21.3. The van der Waals surface area contributed by atoms with E-state index in [1.54, 1.807) is 36.4 Å². The van der Waals surface area contributed by atoms with Gasteiger partial charge in [-0.1, -0.05) is 6.07 Å². The van der Waals surface area contributed by atoms with Crippen molar-refractivity contribution in [3.63, 3.8) is 0 Å². The Kier molecular flexibility index (Phi) is 5.16. The summed E-state index contributed by atoms with van der Waals surface area (Å²) in [5.74, 6) is 0.673. The van der Waals surface area contributed by atoms with Crippen LogP contribution in [0, 0.1) is 6.92 Å². The molecule has 0 unspecified atom stereocenters. The molecular weight excluding hydrogens is 400 g/mol. The fourth-order valence-electron chi connectivity index (χ4n) is 3.13. The van der Waals surface area contributed by atoms with E-state index < -0.39 is 5.97 Å². The summed E-state index contributed by atoms with van der Waals surface area (Å²) in [6.07, 6.45) is 2.63. The van der Waals surface area contributed by atoms with E-state index in [4.69, 9.17) is 9.84 Å². The number of carboxylic acids is 1. The standard InChI is InChI=1S/C24H18O5S/c1-14-12-15(3-11-22(27)28)2-10-20(14)29-23-19-9-8-18(26)13-21(19)30-24(23)16-4-6-17(25)7-5-16/h2-13,25-26H,1H3,(H,27,28)/b11-3+. The van der Waals surface area contributed by atoms with Crippen molar-refractivity contribution in [1.82, 2.24) is 0 Å². The Morgan fingerprint density at radius 1 is 0.967 bits per heavy atom. The van der Waals surface area contributed by atoms with Gasteiger partial charge < -0.3 is 20.1 Å². The third-order valence-electron chi connectivity index (χ3n) is 4.59. The second-order valence-electron chi connectivity index (χ2n) is 6.79. The first-order chi connectivity index (χ1) is 14.4. The first-order valence-corrected chi connectivity index (χ1v) is 9.97. The average Bonchev–Trinajstić information content (AvgIpc) is 3.06. The third kappa shape index (κ3) is 3.99. The largest absolute Gasteiger partial charge is 0.508 e. The first-order valence-electron chi connectivity index (χ1n) is 9.15. The molecule has 150 valence electrons. The maximum atomic E-state index is 10.7. The highest BCUT2D eigenvalue weighted by Gasteiger charge is 2.17. The number of rotatable bonds is 5. The van der Waals surface area contributed by atoms with Gasteiger partial charge in [0.05, 0.1) is 4.88 Å². The molecule has 3 N–H and O–H groups in total. The van der Waals surface area contributed by atoms with Gasteiger partial charge in [-0.05, 0) is 84.3 Å². The van der Waals surface area contributed by atoms with Gasteiger partial charge in [0.15, 0.2) is 5.75 Å². The predicted octanol–water partition coefficient (Wildman–Crippen LogP) is 6.18. The maximum absolute atomic E-state index is 10.7. The molecule has 0 bridgehead atoms. The van der Waals surface area contributed by atoms with Gasteiger partial charge in [-0.3, -0.25) is 0 Å². The average molecular weight is 418 g/mol. The Hall–Kier alpha value is -3.77. The minimum Gasteiger partial charge on any atom is -0.508 e. The van der Waals surface area contributed by atoms with Crippen LogP contribution in [0.5, 0.6) is 23.0 Å². The van der Waals surface area contributed by atoms with Crippen LogP contribution in [-0.4, -0.2) is 21.3 Å². The Morgan fingerprint density at radius 2 is 1.70 bits per heavy atom. The lowest BCUT2D eigenvalue weighted by Crippen LogP contribution is -1.90. The quantitative estimate of drug-likeness (QED) is 0.337. The molecule has 3 aromatic carbocycles. The number of benzene rings is 3. The van der Waals surface area contributed by atoms with Crippen LogP contribution in [0.4, 0.5) is 0 Å². The third-order valence-corrected chi connectivity index (χ3v) is 5.77. The predicted molar refractivity (Wildman–Crippen MR) is 119 cm³/mol. The summed E-state index contributed by atoms with van der Waals surface area (Å²) in [5, 5.41) is 29.2. The molecule has 1 heterocycles. The van der Waals surface area contributed by atoms with E-state index in [1.165, 1.54) is 17.4 Å². The Labute approximate surface area is 176 Å². The fourth-order valence-corrected chi connectivity index (χ4v) is 4.30. The Balaban J connectivity index is 1.79. The van der Waals surface area contributed by atoms with Crippen LogP contribution in [0.3, 0.4) is 0 Å². The monoisotopic (exact) mass is 418 g/mol. The van der Waals surface area contributed by atoms with Gasteiger partial charge >= 0.3 is 5.97 Å². The number of aryl methyl sites for hydroxylation is 1. The Bertz CT molecular complexity index is 1270. The minimum atomic E-state index is -1.00. The van der Waals surface area contributed by atoms with E-state index in [0.717, 1.165) is 37.7 Å². The van der Waals surface area contributed by atoms with Gasteiger partial charge in [0, 0.05) is 16.2 Å². The lowest BCUT2D eigenvalue weighted by Gasteiger charge is -2.11. The summed E-state index contributed by atoms with van der Waals surface area (Å²) in [4.78, 5) is 11.6. The van der Waals surface area contributed by atoms with Crippen molar-refractivity contribution in [2.24, 2.45) is 0 Å². The molecule has 0 fully saturated rings. The van der Waals surface area contributed by atoms with Crippen molar-refractivity contribution in [3.05, 3.63) is 77.9 Å². The summed E-state index contributed by atoms with van der Waals surface area (Å²) < 4.78 is 7.21. The van der Waals surface area contributed by atoms with Crippen molar-refractivity contribution in [1.29, 1.82) is 0 Å². The number of carbonyl (C=O) groups is 1. The molecule has 0 aliphatic rings. The molecule has 4 rings (SSSR count). The normalized spacial score (nSPS) is 11.2. The van der Waals surface area contributed by atoms with Crippen molar-refractivity contribution in [2.45, 2.75) is 6.92 Å². The summed E-state index contributed by atoms with van der Waals surface area (Å²) >= 11 is 1.49. The number of fused-ring (bicyclic) bond motifs is 1. The molecule has 6 heteroatoms. The van der Waals surface area contributed by atoms with Crippen molar-refractivity contribution >= 4 is 33.5 Å². The minimum absolute atomic E-state index is 0.179. The van der Waals surface area contributed by atoms with Crippen molar-refractivity contribution in [2.75, 3.05) is 0 Å². The smallest absolute Gasteiger partial charge is 0.328 e. The van der Waals surface area contributed by atoms with Gasteiger partial charge in [0.25, 0.3) is 0 Å². The SMILES string of the molecule is Cc1cc(/C=C/C(=O)O)ccc1Oc1c(-c2ccc(O)cc2)sc2cc(O)ccc12. The first kappa shape index (κ1) is 19.5. The van der Waals surface area contributed by atoms with E-state index in [2.05, 4.69) is 0 Å². The second kappa shape index (κ2) is 7.93. The number of aliphatic carboxylic acids is 1. The zero-order valence-corrected chi connectivity index (χ0v) is 16.8. The van der Waals surface area contributed by atoms with E-state index in [0.29, 0.717) is 11.5 Å². The van der Waals surface area contributed by atoms with E-state index >= 15 is 0 Å². The summed E-state index contributed by atoms with van der Waals surface area (Å²) in [6.45, 7) is 1.90.